The van der Waals surface area contributed by atoms with Gasteiger partial charge < -0.3 is 9.84 Å². The number of imide groups is 2. The molecule has 11 heteroatoms. The molecule has 0 saturated carbocycles. The van der Waals surface area contributed by atoms with Gasteiger partial charge in [-0.3, -0.25) is 14.9 Å². The maximum atomic E-state index is 12.9. The summed E-state index contributed by atoms with van der Waals surface area (Å²) >= 11 is 18.1. The lowest BCUT2D eigenvalue weighted by atomic mass is 10.1. The minimum absolute atomic E-state index is 0.0259. The maximum absolute atomic E-state index is 12.9. The third-order valence-corrected chi connectivity index (χ3v) is 4.64. The van der Waals surface area contributed by atoms with Crippen LogP contribution in [-0.4, -0.2) is 35.5 Å². The summed E-state index contributed by atoms with van der Waals surface area (Å²) in [5, 5.41) is 11.0. The zero-order valence-electron chi connectivity index (χ0n) is 14.8. The summed E-state index contributed by atoms with van der Waals surface area (Å²) in [6.45, 7) is -0.655. The molecule has 2 aromatic carbocycles. The zero-order valence-corrected chi connectivity index (χ0v) is 17.1. The van der Waals surface area contributed by atoms with Gasteiger partial charge in [-0.05, 0) is 42.0 Å². The van der Waals surface area contributed by atoms with Gasteiger partial charge in [0, 0.05) is 5.02 Å². The molecule has 0 unspecified atom stereocenters. The zero-order chi connectivity index (χ0) is 22.0. The summed E-state index contributed by atoms with van der Waals surface area (Å²) < 4.78 is 5.02. The second kappa shape index (κ2) is 8.74. The molecule has 1 fully saturated rings. The smallest absolute Gasteiger partial charge is 0.341 e. The van der Waals surface area contributed by atoms with Crippen molar-refractivity contribution < 1.29 is 29.0 Å². The highest BCUT2D eigenvalue weighted by molar-refractivity contribution is 6.40. The van der Waals surface area contributed by atoms with Crippen LogP contribution in [0, 0.1) is 0 Å². The minimum Gasteiger partial charge on any atom is -0.479 e. The number of halogens is 3. The van der Waals surface area contributed by atoms with Crippen LogP contribution in [0.15, 0.2) is 42.0 Å². The molecule has 0 spiro atoms. The molecule has 0 aromatic heterocycles. The van der Waals surface area contributed by atoms with E-state index in [2.05, 4.69) is 5.32 Å². The van der Waals surface area contributed by atoms with Crippen LogP contribution in [0.4, 0.5) is 10.5 Å². The van der Waals surface area contributed by atoms with Gasteiger partial charge in [0.25, 0.3) is 11.8 Å². The Morgan fingerprint density at radius 2 is 1.77 bits per heavy atom. The van der Waals surface area contributed by atoms with Crippen molar-refractivity contribution >= 4 is 70.4 Å². The van der Waals surface area contributed by atoms with Crippen molar-refractivity contribution in [3.05, 3.63) is 62.6 Å². The maximum Gasteiger partial charge on any atom is 0.341 e. The summed E-state index contributed by atoms with van der Waals surface area (Å²) in [5.74, 6) is -3.05. The average molecular weight is 470 g/mol. The molecule has 1 aliphatic heterocycles. The number of carbonyl (C=O) groups excluding carboxylic acids is 3. The molecule has 4 amide bonds. The largest absolute Gasteiger partial charge is 0.479 e. The molecule has 1 saturated heterocycles. The molecule has 154 valence electrons. The first-order valence-electron chi connectivity index (χ1n) is 8.18. The molecular weight excluding hydrogens is 459 g/mol. The molecule has 3 rings (SSSR count). The van der Waals surface area contributed by atoms with Gasteiger partial charge in [-0.1, -0.05) is 40.9 Å². The quantitative estimate of drug-likeness (QED) is 0.509. The molecule has 8 nitrogen and oxygen atoms in total. The van der Waals surface area contributed by atoms with Crippen LogP contribution in [0.25, 0.3) is 6.08 Å². The number of amides is 4. The van der Waals surface area contributed by atoms with Crippen LogP contribution in [0.5, 0.6) is 5.75 Å². The van der Waals surface area contributed by atoms with Crippen molar-refractivity contribution in [3.8, 4) is 5.75 Å². The van der Waals surface area contributed by atoms with E-state index >= 15 is 0 Å². The summed E-state index contributed by atoms with van der Waals surface area (Å²) in [6, 6.07) is 7.74. The van der Waals surface area contributed by atoms with Gasteiger partial charge in [-0.2, -0.15) is 0 Å². The van der Waals surface area contributed by atoms with Crippen LogP contribution in [0.1, 0.15) is 5.56 Å². The molecule has 0 aliphatic carbocycles. The van der Waals surface area contributed by atoms with Crippen molar-refractivity contribution in [1.82, 2.24) is 5.32 Å². The number of carboxylic acid groups (broad SMARTS) is 1. The third kappa shape index (κ3) is 4.56. The molecule has 30 heavy (non-hydrogen) atoms. The first kappa shape index (κ1) is 21.6. The minimum atomic E-state index is -1.22. The molecule has 1 aliphatic rings. The predicted molar refractivity (Wildman–Crippen MR) is 110 cm³/mol. The SMILES string of the molecule is O=C(O)COc1c(Cl)cc(/C=C2\C(=O)NC(=O)N(c3cccc(Cl)c3)C2=O)cc1Cl. The molecule has 0 radical (unpaired) electrons. The summed E-state index contributed by atoms with van der Waals surface area (Å²) in [5.41, 5.74) is 0.0874. The summed E-state index contributed by atoms with van der Waals surface area (Å²) in [4.78, 5) is 48.7. The highest BCUT2D eigenvalue weighted by Crippen LogP contribution is 2.35. The number of urea groups is 1. The number of aliphatic carboxylic acids is 1. The number of anilines is 1. The molecular formula is C19H11Cl3N2O6. The lowest BCUT2D eigenvalue weighted by Crippen LogP contribution is -2.54. The number of barbiturate groups is 1. The van der Waals surface area contributed by atoms with Crippen molar-refractivity contribution in [2.24, 2.45) is 0 Å². The Labute approximate surface area is 184 Å². The van der Waals surface area contributed by atoms with Gasteiger partial charge in [0.1, 0.15) is 5.57 Å². The van der Waals surface area contributed by atoms with Crippen molar-refractivity contribution in [2.45, 2.75) is 0 Å². The van der Waals surface area contributed by atoms with Crippen LogP contribution in [0.2, 0.25) is 15.1 Å². The van der Waals surface area contributed by atoms with Gasteiger partial charge in [-0.15, -0.1) is 0 Å². The van der Waals surface area contributed by atoms with Crippen molar-refractivity contribution in [3.63, 3.8) is 0 Å². The fourth-order valence-electron chi connectivity index (χ4n) is 2.61. The number of hydrogen-bond donors (Lipinski definition) is 2. The average Bonchev–Trinajstić information content (AvgIpc) is 2.64. The van der Waals surface area contributed by atoms with E-state index in [9.17, 15) is 19.2 Å². The lowest BCUT2D eigenvalue weighted by Gasteiger charge is -2.26. The summed E-state index contributed by atoms with van der Waals surface area (Å²) in [6.07, 6.45) is 1.19. The second-order valence-corrected chi connectivity index (χ2v) is 7.18. The Hall–Kier alpha value is -3.07. The van der Waals surface area contributed by atoms with E-state index < -0.39 is 30.4 Å². The highest BCUT2D eigenvalue weighted by atomic mass is 35.5. The van der Waals surface area contributed by atoms with E-state index in [0.717, 1.165) is 4.90 Å². The number of nitrogens with one attached hydrogen (secondary N) is 1. The molecule has 2 N–H and O–H groups in total. The van der Waals surface area contributed by atoms with Crippen LogP contribution < -0.4 is 15.0 Å². The topological polar surface area (TPSA) is 113 Å². The van der Waals surface area contributed by atoms with Gasteiger partial charge >= 0.3 is 12.0 Å². The molecule has 0 bridgehead atoms. The Kier molecular flexibility index (Phi) is 6.31. The van der Waals surface area contributed by atoms with E-state index in [1.165, 1.54) is 30.3 Å². The van der Waals surface area contributed by atoms with Crippen LogP contribution in [-0.2, 0) is 14.4 Å². The number of ether oxygens (including phenoxy) is 1. The molecule has 2 aromatic rings. The van der Waals surface area contributed by atoms with E-state index in [1.807, 2.05) is 0 Å². The van der Waals surface area contributed by atoms with E-state index in [4.69, 9.17) is 44.6 Å². The standard InChI is InChI=1S/C19H11Cl3N2O6/c20-10-2-1-3-11(7-10)24-18(28)12(17(27)23-19(24)29)4-9-5-13(21)16(14(22)6-9)30-8-15(25)26/h1-7H,8H2,(H,25,26)(H,23,27,29)/b12-4+. The van der Waals surface area contributed by atoms with E-state index in [-0.39, 0.29) is 32.6 Å². The fourth-order valence-corrected chi connectivity index (χ4v) is 3.41. The molecule has 0 atom stereocenters. The third-order valence-electron chi connectivity index (χ3n) is 3.84. The Morgan fingerprint density at radius 1 is 1.10 bits per heavy atom. The Bertz CT molecular complexity index is 1090. The number of rotatable bonds is 5. The van der Waals surface area contributed by atoms with Gasteiger partial charge in [0.15, 0.2) is 12.4 Å². The number of carboxylic acids is 1. The Morgan fingerprint density at radius 3 is 2.37 bits per heavy atom. The fraction of sp³-hybridized carbons (Fsp3) is 0.0526. The molecule has 1 heterocycles. The van der Waals surface area contributed by atoms with Gasteiger partial charge in [-0.25, -0.2) is 14.5 Å². The normalized spacial score (nSPS) is 15.4. The first-order chi connectivity index (χ1) is 14.2. The van der Waals surface area contributed by atoms with Gasteiger partial charge in [0.05, 0.1) is 15.7 Å². The predicted octanol–water partition coefficient (Wildman–Crippen LogP) is 3.78. The van der Waals surface area contributed by atoms with E-state index in [1.54, 1.807) is 12.1 Å². The van der Waals surface area contributed by atoms with Gasteiger partial charge in [0.2, 0.25) is 0 Å². The van der Waals surface area contributed by atoms with Crippen LogP contribution >= 0.6 is 34.8 Å². The monoisotopic (exact) mass is 468 g/mol. The second-order valence-electron chi connectivity index (χ2n) is 5.93. The number of benzene rings is 2. The lowest BCUT2D eigenvalue weighted by molar-refractivity contribution is -0.139. The van der Waals surface area contributed by atoms with E-state index in [0.29, 0.717) is 5.02 Å². The van der Waals surface area contributed by atoms with Crippen molar-refractivity contribution in [2.75, 3.05) is 11.5 Å². The Balaban J connectivity index is 1.97. The number of hydrogen-bond acceptors (Lipinski definition) is 5. The first-order valence-corrected chi connectivity index (χ1v) is 9.31. The number of nitrogens with zero attached hydrogens (tertiary/aromatic N) is 1. The van der Waals surface area contributed by atoms with Crippen molar-refractivity contribution in [1.29, 1.82) is 0 Å². The van der Waals surface area contributed by atoms with Crippen LogP contribution in [0.3, 0.4) is 0 Å². The highest BCUT2D eigenvalue weighted by Gasteiger charge is 2.37. The number of carbonyl (C=O) groups is 4. The summed E-state index contributed by atoms with van der Waals surface area (Å²) in [7, 11) is 0.